The van der Waals surface area contributed by atoms with Crippen LogP contribution in [0.3, 0.4) is 0 Å². The van der Waals surface area contributed by atoms with Gasteiger partial charge in [-0.15, -0.1) is 10.2 Å². The van der Waals surface area contributed by atoms with Gasteiger partial charge in [0.25, 0.3) is 0 Å². The Morgan fingerprint density at radius 1 is 1.23 bits per heavy atom. The maximum absolute atomic E-state index is 12.5. The van der Waals surface area contributed by atoms with E-state index in [1.54, 1.807) is 13.2 Å². The van der Waals surface area contributed by atoms with E-state index in [2.05, 4.69) is 25.7 Å². The lowest BCUT2D eigenvalue weighted by molar-refractivity contribution is -0.119. The van der Waals surface area contributed by atoms with Crippen LogP contribution in [0.1, 0.15) is 52.7 Å². The molecule has 0 saturated carbocycles. The molecule has 164 valence electrons. The number of imide groups is 1. The van der Waals surface area contributed by atoms with Crippen molar-refractivity contribution in [3.8, 4) is 0 Å². The van der Waals surface area contributed by atoms with E-state index in [0.717, 1.165) is 37.6 Å². The van der Waals surface area contributed by atoms with Crippen LogP contribution in [0.15, 0.2) is 28.0 Å². The number of furan rings is 1. The summed E-state index contributed by atoms with van der Waals surface area (Å²) in [6, 6.07) is 3.24. The summed E-state index contributed by atoms with van der Waals surface area (Å²) in [6.45, 7) is 9.66. The van der Waals surface area contributed by atoms with Gasteiger partial charge in [-0.05, 0) is 59.1 Å². The highest BCUT2D eigenvalue weighted by Gasteiger charge is 2.25. The summed E-state index contributed by atoms with van der Waals surface area (Å²) in [5.41, 5.74) is -0.423. The number of hydrogen-bond acceptors (Lipinski definition) is 7. The lowest BCUT2D eigenvalue weighted by Gasteiger charge is -2.27. The van der Waals surface area contributed by atoms with E-state index in [0.29, 0.717) is 11.7 Å². The molecule has 0 radical (unpaired) electrons. The van der Waals surface area contributed by atoms with Gasteiger partial charge in [0.1, 0.15) is 5.76 Å². The first-order chi connectivity index (χ1) is 14.2. The molecule has 2 N–H and O–H groups in total. The van der Waals surface area contributed by atoms with E-state index in [1.807, 2.05) is 37.5 Å². The van der Waals surface area contributed by atoms with E-state index < -0.39 is 16.8 Å². The van der Waals surface area contributed by atoms with Crippen LogP contribution in [0.25, 0.3) is 0 Å². The number of rotatable bonds is 6. The van der Waals surface area contributed by atoms with Gasteiger partial charge in [0.05, 0.1) is 18.1 Å². The number of urea groups is 1. The van der Waals surface area contributed by atoms with Gasteiger partial charge in [-0.2, -0.15) is 0 Å². The predicted octanol–water partition coefficient (Wildman–Crippen LogP) is 3.01. The Morgan fingerprint density at radius 3 is 2.60 bits per heavy atom. The summed E-state index contributed by atoms with van der Waals surface area (Å²) in [7, 11) is 0. The van der Waals surface area contributed by atoms with Crippen molar-refractivity contribution in [2.45, 2.75) is 69.4 Å². The molecule has 2 aromatic rings. The van der Waals surface area contributed by atoms with Gasteiger partial charge in [-0.3, -0.25) is 14.7 Å². The molecule has 9 nitrogen and oxygen atoms in total. The van der Waals surface area contributed by atoms with Gasteiger partial charge in [0.15, 0.2) is 5.16 Å². The SMILES string of the molecule is CC(Sc1nnc(N2CCCCC2)n1Cc1ccco1)C(=O)NC(=O)NC(C)(C)C. The van der Waals surface area contributed by atoms with Gasteiger partial charge in [-0.25, -0.2) is 4.79 Å². The molecule has 3 heterocycles. The van der Waals surface area contributed by atoms with E-state index in [9.17, 15) is 9.59 Å². The zero-order chi connectivity index (χ0) is 21.7. The minimum Gasteiger partial charge on any atom is -0.467 e. The fourth-order valence-corrected chi connectivity index (χ4v) is 4.03. The molecule has 3 amide bonds. The van der Waals surface area contributed by atoms with Crippen LogP contribution in [-0.4, -0.2) is 50.6 Å². The third kappa shape index (κ3) is 6.01. The first-order valence-electron chi connectivity index (χ1n) is 10.2. The highest BCUT2D eigenvalue weighted by Crippen LogP contribution is 2.28. The molecule has 3 rings (SSSR count). The van der Waals surface area contributed by atoms with Crippen LogP contribution in [0.2, 0.25) is 0 Å². The summed E-state index contributed by atoms with van der Waals surface area (Å²) in [4.78, 5) is 26.7. The summed E-state index contributed by atoms with van der Waals surface area (Å²) in [5.74, 6) is 1.19. The first-order valence-corrected chi connectivity index (χ1v) is 11.1. The Morgan fingerprint density at radius 2 is 1.97 bits per heavy atom. The quantitative estimate of drug-likeness (QED) is 0.673. The Labute approximate surface area is 181 Å². The molecule has 10 heteroatoms. The van der Waals surface area contributed by atoms with Gasteiger partial charge < -0.3 is 14.6 Å². The number of carbonyl (C=O) groups is 2. The molecular weight excluding hydrogens is 404 g/mol. The Balaban J connectivity index is 1.73. The summed E-state index contributed by atoms with van der Waals surface area (Å²) >= 11 is 1.27. The third-order valence-electron chi connectivity index (χ3n) is 4.61. The van der Waals surface area contributed by atoms with Gasteiger partial charge in [-0.1, -0.05) is 11.8 Å². The van der Waals surface area contributed by atoms with Crippen LogP contribution in [-0.2, 0) is 11.3 Å². The molecular formula is C20H30N6O3S. The monoisotopic (exact) mass is 434 g/mol. The van der Waals surface area contributed by atoms with Crippen molar-refractivity contribution in [3.05, 3.63) is 24.2 Å². The molecule has 1 atom stereocenters. The van der Waals surface area contributed by atoms with Crippen LogP contribution in [0.4, 0.5) is 10.7 Å². The second kappa shape index (κ2) is 9.55. The maximum atomic E-state index is 12.5. The average Bonchev–Trinajstić information content (AvgIpc) is 3.32. The molecule has 2 aromatic heterocycles. The van der Waals surface area contributed by atoms with Crippen LogP contribution < -0.4 is 15.5 Å². The van der Waals surface area contributed by atoms with Crippen LogP contribution in [0, 0.1) is 0 Å². The topological polar surface area (TPSA) is 105 Å². The normalized spacial score (nSPS) is 15.7. The standard InChI is InChI=1S/C20H30N6O3S/c1-14(16(27)21-17(28)22-20(2,3)4)30-19-24-23-18(25-10-6-5-7-11-25)26(19)13-15-9-8-12-29-15/h8-9,12,14H,5-7,10-11,13H2,1-4H3,(H2,21,22,27,28). The molecule has 1 unspecified atom stereocenters. The van der Waals surface area contributed by atoms with Crippen molar-refractivity contribution >= 4 is 29.6 Å². The van der Waals surface area contributed by atoms with Crippen molar-refractivity contribution < 1.29 is 14.0 Å². The minimum atomic E-state index is -0.524. The number of nitrogens with one attached hydrogen (secondary N) is 2. The van der Waals surface area contributed by atoms with E-state index >= 15 is 0 Å². The molecule has 0 aromatic carbocycles. The number of nitrogens with zero attached hydrogens (tertiary/aromatic N) is 4. The van der Waals surface area contributed by atoms with Crippen molar-refractivity contribution in [2.75, 3.05) is 18.0 Å². The van der Waals surface area contributed by atoms with Crippen molar-refractivity contribution in [2.24, 2.45) is 0 Å². The minimum absolute atomic E-state index is 0.381. The number of carbonyl (C=O) groups excluding carboxylic acids is 2. The van der Waals surface area contributed by atoms with Gasteiger partial charge in [0, 0.05) is 18.6 Å². The average molecular weight is 435 g/mol. The molecule has 0 bridgehead atoms. The number of anilines is 1. The van der Waals surface area contributed by atoms with Crippen molar-refractivity contribution in [1.29, 1.82) is 0 Å². The summed E-state index contributed by atoms with van der Waals surface area (Å²) < 4.78 is 7.50. The lowest BCUT2D eigenvalue weighted by Crippen LogP contribution is -2.49. The maximum Gasteiger partial charge on any atom is 0.321 e. The molecule has 30 heavy (non-hydrogen) atoms. The summed E-state index contributed by atoms with van der Waals surface area (Å²) in [5, 5.41) is 14.0. The van der Waals surface area contributed by atoms with E-state index in [4.69, 9.17) is 4.42 Å². The number of aromatic nitrogens is 3. The fraction of sp³-hybridized carbons (Fsp3) is 0.600. The molecule has 0 spiro atoms. The number of hydrogen-bond donors (Lipinski definition) is 2. The zero-order valence-corrected chi connectivity index (χ0v) is 18.8. The second-order valence-electron chi connectivity index (χ2n) is 8.45. The fourth-order valence-electron chi connectivity index (χ4n) is 3.19. The zero-order valence-electron chi connectivity index (χ0n) is 18.0. The second-order valence-corrected chi connectivity index (χ2v) is 9.76. The highest BCUT2D eigenvalue weighted by molar-refractivity contribution is 8.00. The highest BCUT2D eigenvalue weighted by atomic mass is 32.2. The Hall–Kier alpha value is -2.49. The van der Waals surface area contributed by atoms with Gasteiger partial charge >= 0.3 is 6.03 Å². The van der Waals surface area contributed by atoms with E-state index in [-0.39, 0.29) is 5.91 Å². The molecule has 1 fully saturated rings. The van der Waals surface area contributed by atoms with E-state index in [1.165, 1.54) is 18.2 Å². The third-order valence-corrected chi connectivity index (χ3v) is 5.69. The molecule has 1 aliphatic heterocycles. The van der Waals surface area contributed by atoms with Gasteiger partial charge in [0.2, 0.25) is 11.9 Å². The van der Waals surface area contributed by atoms with Crippen LogP contribution in [0.5, 0.6) is 0 Å². The molecule has 1 aliphatic rings. The smallest absolute Gasteiger partial charge is 0.321 e. The predicted molar refractivity (Wildman–Crippen MR) is 116 cm³/mol. The lowest BCUT2D eigenvalue weighted by atomic mass is 10.1. The number of thioether (sulfide) groups is 1. The van der Waals surface area contributed by atoms with Crippen molar-refractivity contribution in [1.82, 2.24) is 25.4 Å². The van der Waals surface area contributed by atoms with Crippen molar-refractivity contribution in [3.63, 3.8) is 0 Å². The van der Waals surface area contributed by atoms with Crippen LogP contribution >= 0.6 is 11.8 Å². The molecule has 0 aliphatic carbocycles. The number of piperidine rings is 1. The summed E-state index contributed by atoms with van der Waals surface area (Å²) in [6.07, 6.45) is 5.10. The molecule has 1 saturated heterocycles. The first kappa shape index (κ1) is 22.2. The largest absolute Gasteiger partial charge is 0.467 e. The Kier molecular flexibility index (Phi) is 7.06. The number of amides is 3. The Bertz CT molecular complexity index is 853.